The fourth-order valence-corrected chi connectivity index (χ4v) is 2.39. The Morgan fingerprint density at radius 1 is 1.14 bits per heavy atom. The first-order chi connectivity index (χ1) is 10.1. The third-order valence-electron chi connectivity index (χ3n) is 2.91. The Morgan fingerprint density at radius 2 is 1.76 bits per heavy atom. The van der Waals surface area contributed by atoms with Crippen LogP contribution in [0.15, 0.2) is 54.6 Å². The van der Waals surface area contributed by atoms with E-state index in [0.717, 1.165) is 0 Å². The lowest BCUT2D eigenvalue weighted by molar-refractivity contribution is 0.531. The molecule has 0 N–H and O–H groups in total. The third kappa shape index (κ3) is 4.09. The second-order valence-corrected chi connectivity index (χ2v) is 5.35. The van der Waals surface area contributed by atoms with Crippen molar-refractivity contribution in [1.82, 2.24) is 0 Å². The van der Waals surface area contributed by atoms with Crippen molar-refractivity contribution >= 4 is 17.2 Å². The lowest BCUT2D eigenvalue weighted by atomic mass is 10.1. The van der Waals surface area contributed by atoms with Crippen molar-refractivity contribution in [1.29, 1.82) is 5.26 Å². The van der Waals surface area contributed by atoms with E-state index in [1.54, 1.807) is 42.5 Å². The number of halogens is 1. The molecule has 0 aliphatic carbocycles. The minimum Gasteiger partial charge on any atom is -0.772 e. The maximum absolute atomic E-state index is 12.8. The van der Waals surface area contributed by atoms with Crippen LogP contribution in [0.5, 0.6) is 0 Å². The highest BCUT2D eigenvalue weighted by Gasteiger charge is 2.08. The predicted molar refractivity (Wildman–Crippen MR) is 78.3 cm³/mol. The Hall–Kier alpha value is -2.29. The van der Waals surface area contributed by atoms with Crippen molar-refractivity contribution < 1.29 is 13.2 Å². The van der Waals surface area contributed by atoms with Gasteiger partial charge < -0.3 is 4.55 Å². The molecule has 0 heterocycles. The van der Waals surface area contributed by atoms with Crippen molar-refractivity contribution in [2.24, 2.45) is 0 Å². The van der Waals surface area contributed by atoms with Gasteiger partial charge in [0.15, 0.2) is 0 Å². The van der Waals surface area contributed by atoms with E-state index in [-0.39, 0.29) is 5.82 Å². The summed E-state index contributed by atoms with van der Waals surface area (Å²) in [6, 6.07) is 14.1. The Morgan fingerprint density at radius 3 is 2.29 bits per heavy atom. The standard InChI is InChI=1S/C16H12FNO2S/c17-15-8-3-12(4-9-15)5-10-16(21(19)20)14-6-1-13(11-18)2-7-14/h1-10,16H,(H,19,20)/p-1. The number of nitriles is 1. The van der Waals surface area contributed by atoms with E-state index < -0.39 is 16.3 Å². The molecule has 0 saturated carbocycles. The lowest BCUT2D eigenvalue weighted by Crippen LogP contribution is -2.02. The summed E-state index contributed by atoms with van der Waals surface area (Å²) < 4.78 is 35.5. The van der Waals surface area contributed by atoms with Crippen molar-refractivity contribution in [2.75, 3.05) is 0 Å². The molecule has 2 aromatic carbocycles. The largest absolute Gasteiger partial charge is 0.772 e. The Balaban J connectivity index is 2.24. The van der Waals surface area contributed by atoms with Crippen LogP contribution in [-0.4, -0.2) is 8.76 Å². The molecule has 3 nitrogen and oxygen atoms in total. The zero-order valence-electron chi connectivity index (χ0n) is 10.9. The minimum absolute atomic E-state index is 0.344. The van der Waals surface area contributed by atoms with Gasteiger partial charge in [-0.15, -0.1) is 0 Å². The van der Waals surface area contributed by atoms with E-state index in [2.05, 4.69) is 0 Å². The Labute approximate surface area is 124 Å². The van der Waals surface area contributed by atoms with E-state index in [1.807, 2.05) is 6.07 Å². The van der Waals surface area contributed by atoms with E-state index >= 15 is 0 Å². The number of benzene rings is 2. The zero-order valence-corrected chi connectivity index (χ0v) is 11.7. The van der Waals surface area contributed by atoms with E-state index in [4.69, 9.17) is 5.26 Å². The SMILES string of the molecule is N#Cc1ccc(C(C=Cc2ccc(F)cc2)S(=O)[O-])cc1. The van der Waals surface area contributed by atoms with Crippen LogP contribution in [0, 0.1) is 17.1 Å². The highest BCUT2D eigenvalue weighted by molar-refractivity contribution is 7.79. The summed E-state index contributed by atoms with van der Waals surface area (Å²) >= 11 is -2.33. The predicted octanol–water partition coefficient (Wildman–Crippen LogP) is 3.33. The molecule has 0 saturated heterocycles. The van der Waals surface area contributed by atoms with Crippen LogP contribution in [0.1, 0.15) is 21.9 Å². The number of nitrogens with zero attached hydrogens (tertiary/aromatic N) is 1. The highest BCUT2D eigenvalue weighted by Crippen LogP contribution is 2.22. The van der Waals surface area contributed by atoms with Crippen LogP contribution in [0.2, 0.25) is 0 Å². The van der Waals surface area contributed by atoms with Gasteiger partial charge in [0.05, 0.1) is 16.9 Å². The quantitative estimate of drug-likeness (QED) is 0.813. The van der Waals surface area contributed by atoms with Crippen LogP contribution in [0.4, 0.5) is 4.39 Å². The molecule has 0 aliphatic rings. The second-order valence-electron chi connectivity index (χ2n) is 4.33. The van der Waals surface area contributed by atoms with Crippen LogP contribution >= 0.6 is 0 Å². The molecule has 5 heteroatoms. The van der Waals surface area contributed by atoms with Gasteiger partial charge in [0.2, 0.25) is 0 Å². The molecule has 106 valence electrons. The van der Waals surface area contributed by atoms with Crippen LogP contribution in [0.25, 0.3) is 6.08 Å². The molecule has 2 rings (SSSR count). The summed E-state index contributed by atoms with van der Waals surface area (Å²) in [6.45, 7) is 0. The molecular formula is C16H11FNO2S-. The van der Waals surface area contributed by atoms with Crippen LogP contribution in [0.3, 0.4) is 0 Å². The molecule has 2 atom stereocenters. The molecule has 0 fully saturated rings. The topological polar surface area (TPSA) is 63.9 Å². The molecule has 0 aliphatic heterocycles. The van der Waals surface area contributed by atoms with Gasteiger partial charge in [-0.3, -0.25) is 4.21 Å². The second kappa shape index (κ2) is 6.93. The van der Waals surface area contributed by atoms with Gasteiger partial charge in [-0.1, -0.05) is 36.4 Å². The first kappa shape index (κ1) is 15.1. The lowest BCUT2D eigenvalue weighted by Gasteiger charge is -2.16. The first-order valence-electron chi connectivity index (χ1n) is 6.12. The van der Waals surface area contributed by atoms with Gasteiger partial charge in [0, 0.05) is 0 Å². The Bertz CT molecular complexity index is 703. The minimum atomic E-state index is -2.33. The molecule has 0 spiro atoms. The molecule has 0 amide bonds. The van der Waals surface area contributed by atoms with Gasteiger partial charge >= 0.3 is 0 Å². The molecule has 0 bridgehead atoms. The van der Waals surface area contributed by atoms with Crippen LogP contribution in [-0.2, 0) is 11.1 Å². The monoisotopic (exact) mass is 300 g/mol. The number of hydrogen-bond donors (Lipinski definition) is 0. The zero-order chi connectivity index (χ0) is 15.2. The van der Waals surface area contributed by atoms with Gasteiger partial charge in [0.1, 0.15) is 5.82 Å². The average Bonchev–Trinajstić information content (AvgIpc) is 2.49. The summed E-state index contributed by atoms with van der Waals surface area (Å²) in [5.41, 5.74) is 1.75. The van der Waals surface area contributed by atoms with Gasteiger partial charge in [0.25, 0.3) is 0 Å². The maximum atomic E-state index is 12.8. The summed E-state index contributed by atoms with van der Waals surface area (Å²) in [6.07, 6.45) is 3.15. The van der Waals surface area contributed by atoms with Crippen molar-refractivity contribution in [3.8, 4) is 6.07 Å². The van der Waals surface area contributed by atoms with Crippen molar-refractivity contribution in [3.05, 3.63) is 77.1 Å². The molecule has 0 aromatic heterocycles. The van der Waals surface area contributed by atoms with E-state index in [9.17, 15) is 13.2 Å². The maximum Gasteiger partial charge on any atom is 0.123 e. The Kier molecular flexibility index (Phi) is 4.99. The van der Waals surface area contributed by atoms with Gasteiger partial charge in [-0.25, -0.2) is 4.39 Å². The highest BCUT2D eigenvalue weighted by atomic mass is 32.2. The summed E-state index contributed by atoms with van der Waals surface area (Å²) in [5.74, 6) is -0.344. The summed E-state index contributed by atoms with van der Waals surface area (Å²) in [4.78, 5) is 0. The molecule has 2 unspecified atom stereocenters. The van der Waals surface area contributed by atoms with Gasteiger partial charge in [-0.05, 0) is 46.5 Å². The summed E-state index contributed by atoms with van der Waals surface area (Å²) in [5, 5.41) is 7.92. The van der Waals surface area contributed by atoms with Crippen molar-refractivity contribution in [2.45, 2.75) is 5.25 Å². The molecule has 21 heavy (non-hydrogen) atoms. The fraction of sp³-hybridized carbons (Fsp3) is 0.0625. The number of hydrogen-bond acceptors (Lipinski definition) is 3. The normalized spacial score (nSPS) is 13.8. The summed E-state index contributed by atoms with van der Waals surface area (Å²) in [7, 11) is 0. The third-order valence-corrected chi connectivity index (χ3v) is 3.75. The fourth-order valence-electron chi connectivity index (χ4n) is 1.81. The molecule has 2 aromatic rings. The first-order valence-corrected chi connectivity index (χ1v) is 7.26. The van der Waals surface area contributed by atoms with Crippen LogP contribution < -0.4 is 0 Å². The smallest absolute Gasteiger partial charge is 0.123 e. The molecular weight excluding hydrogens is 289 g/mol. The molecule has 0 radical (unpaired) electrons. The average molecular weight is 300 g/mol. The van der Waals surface area contributed by atoms with E-state index in [0.29, 0.717) is 16.7 Å². The van der Waals surface area contributed by atoms with E-state index in [1.165, 1.54) is 18.2 Å². The number of rotatable bonds is 4. The van der Waals surface area contributed by atoms with Crippen molar-refractivity contribution in [3.63, 3.8) is 0 Å². The van der Waals surface area contributed by atoms with Gasteiger partial charge in [-0.2, -0.15) is 5.26 Å².